The number of nitrogens with zero attached hydrogens (tertiary/aromatic N) is 1. The fourth-order valence-electron chi connectivity index (χ4n) is 5.86. The number of fused-ring (bicyclic) bond motifs is 2. The normalized spacial score (nSPS) is 17.8. The molecule has 0 bridgehead atoms. The van der Waals surface area contributed by atoms with Gasteiger partial charge >= 0.3 is 0 Å². The largest absolute Gasteiger partial charge is 0.463 e. The van der Waals surface area contributed by atoms with Crippen LogP contribution >= 0.6 is 11.6 Å². The van der Waals surface area contributed by atoms with Gasteiger partial charge in [-0.3, -0.25) is 14.5 Å². The third kappa shape index (κ3) is 5.13. The lowest BCUT2D eigenvalue weighted by atomic mass is 9.86. The van der Waals surface area contributed by atoms with Crippen LogP contribution in [0.15, 0.2) is 76.1 Å². The van der Waals surface area contributed by atoms with E-state index in [1.807, 2.05) is 6.07 Å². The van der Waals surface area contributed by atoms with Gasteiger partial charge in [-0.25, -0.2) is 0 Å². The van der Waals surface area contributed by atoms with Gasteiger partial charge in [0.25, 0.3) is 5.91 Å². The van der Waals surface area contributed by atoms with Gasteiger partial charge in [-0.05, 0) is 91.7 Å². The van der Waals surface area contributed by atoms with Gasteiger partial charge in [-0.15, -0.1) is 0 Å². The second-order valence-corrected chi connectivity index (χ2v) is 10.9. The van der Waals surface area contributed by atoms with Crippen molar-refractivity contribution in [1.82, 2.24) is 10.2 Å². The van der Waals surface area contributed by atoms with Crippen molar-refractivity contribution >= 4 is 28.5 Å². The topological polar surface area (TPSA) is 62.6 Å². The summed E-state index contributed by atoms with van der Waals surface area (Å²) in [5.74, 6) is -0.140. The summed E-state index contributed by atoms with van der Waals surface area (Å²) in [6.45, 7) is 3.38. The lowest BCUT2D eigenvalue weighted by Gasteiger charge is -2.29. The quantitative estimate of drug-likeness (QED) is 0.307. The Morgan fingerprint density at radius 1 is 1.00 bits per heavy atom. The number of benzene rings is 3. The molecule has 1 N–H and O–H groups in total. The Kier molecular flexibility index (Phi) is 7.05. The van der Waals surface area contributed by atoms with Gasteiger partial charge in [-0.1, -0.05) is 48.4 Å². The van der Waals surface area contributed by atoms with E-state index in [-0.39, 0.29) is 17.4 Å². The highest BCUT2D eigenvalue weighted by Gasteiger charge is 2.23. The minimum absolute atomic E-state index is 0.0190. The number of amides is 1. The summed E-state index contributed by atoms with van der Waals surface area (Å²) in [6.07, 6.45) is 8.39. The zero-order chi connectivity index (χ0) is 26.1. The second kappa shape index (κ2) is 10.8. The van der Waals surface area contributed by atoms with Gasteiger partial charge in [0.15, 0.2) is 5.43 Å². The molecule has 0 saturated carbocycles. The van der Waals surface area contributed by atoms with Crippen molar-refractivity contribution in [1.29, 1.82) is 0 Å². The van der Waals surface area contributed by atoms with E-state index >= 15 is 0 Å². The highest BCUT2D eigenvalue weighted by molar-refractivity contribution is 6.31. The van der Waals surface area contributed by atoms with E-state index in [0.717, 1.165) is 25.8 Å². The fraction of sp³-hybridized carbons (Fsp3) is 0.312. The van der Waals surface area contributed by atoms with E-state index in [1.165, 1.54) is 55.3 Å². The van der Waals surface area contributed by atoms with E-state index in [0.29, 0.717) is 32.7 Å². The Hall–Kier alpha value is -3.41. The summed E-state index contributed by atoms with van der Waals surface area (Å²) in [7, 11) is 0. The van der Waals surface area contributed by atoms with Crippen LogP contribution in [0.25, 0.3) is 22.1 Å². The maximum Gasteiger partial charge on any atom is 0.251 e. The monoisotopic (exact) mass is 526 g/mol. The van der Waals surface area contributed by atoms with Gasteiger partial charge in [0.1, 0.15) is 11.8 Å². The van der Waals surface area contributed by atoms with E-state index < -0.39 is 0 Å². The van der Waals surface area contributed by atoms with Crippen LogP contribution in [-0.4, -0.2) is 23.9 Å². The van der Waals surface area contributed by atoms with Gasteiger partial charge in [0.05, 0.1) is 17.0 Å². The summed E-state index contributed by atoms with van der Waals surface area (Å²) in [5.41, 5.74) is 5.80. The van der Waals surface area contributed by atoms with Gasteiger partial charge < -0.3 is 9.73 Å². The van der Waals surface area contributed by atoms with Crippen LogP contribution in [0.5, 0.6) is 0 Å². The smallest absolute Gasteiger partial charge is 0.251 e. The molecule has 38 heavy (non-hydrogen) atoms. The van der Waals surface area contributed by atoms with Crippen LogP contribution in [0.4, 0.5) is 0 Å². The fourth-order valence-corrected chi connectivity index (χ4v) is 6.02. The molecular formula is C32H31ClN2O3. The maximum absolute atomic E-state index is 13.3. The Balaban J connectivity index is 1.21. The standard InChI is InChI=1S/C32H31ClN2O3/c33-25-11-13-27-30(18-25)38-20-28(31(27)36)23-6-4-8-24(17-23)32(37)34-29-9-5-7-22-16-21(10-12-26(22)29)19-35-14-2-1-3-15-35/h4,6,8,10-13,16-18,20,29H,1-3,5,7,9,14-15,19H2,(H,34,37)/t29-/m1/s1. The summed E-state index contributed by atoms with van der Waals surface area (Å²) in [6, 6.07) is 18.9. The molecule has 2 aliphatic rings. The minimum Gasteiger partial charge on any atom is -0.463 e. The third-order valence-electron chi connectivity index (χ3n) is 7.85. The number of nitrogens with one attached hydrogen (secondary N) is 1. The number of likely N-dealkylation sites (tertiary alicyclic amines) is 1. The number of carbonyl (C=O) groups excluding carboxylic acids is 1. The first-order chi connectivity index (χ1) is 18.5. The molecule has 1 fully saturated rings. The molecule has 0 unspecified atom stereocenters. The van der Waals surface area contributed by atoms with Crippen molar-refractivity contribution < 1.29 is 9.21 Å². The van der Waals surface area contributed by atoms with E-state index in [2.05, 4.69) is 28.4 Å². The second-order valence-electron chi connectivity index (χ2n) is 10.5. The summed E-state index contributed by atoms with van der Waals surface area (Å²) in [4.78, 5) is 29.0. The summed E-state index contributed by atoms with van der Waals surface area (Å²) in [5, 5.41) is 4.22. The lowest BCUT2D eigenvalue weighted by Crippen LogP contribution is -2.31. The van der Waals surface area contributed by atoms with Crippen molar-refractivity contribution in [2.45, 2.75) is 51.1 Å². The molecular weight excluding hydrogens is 496 g/mol. The van der Waals surface area contributed by atoms with Crippen molar-refractivity contribution in [2.24, 2.45) is 0 Å². The zero-order valence-electron chi connectivity index (χ0n) is 21.3. The highest BCUT2D eigenvalue weighted by atomic mass is 35.5. The Morgan fingerprint density at radius 2 is 1.87 bits per heavy atom. The van der Waals surface area contributed by atoms with Crippen molar-refractivity contribution in [3.05, 3.63) is 104 Å². The molecule has 1 amide bonds. The number of halogens is 1. The molecule has 6 heteroatoms. The van der Waals surface area contributed by atoms with Crippen molar-refractivity contribution in [3.63, 3.8) is 0 Å². The van der Waals surface area contributed by atoms with Crippen molar-refractivity contribution in [3.8, 4) is 11.1 Å². The number of aryl methyl sites for hydroxylation is 1. The molecule has 1 aromatic heterocycles. The number of hydrogen-bond acceptors (Lipinski definition) is 4. The Bertz CT molecular complexity index is 1550. The van der Waals surface area contributed by atoms with Crippen LogP contribution < -0.4 is 10.7 Å². The van der Waals surface area contributed by atoms with Crippen LogP contribution in [0.1, 0.15) is 65.2 Å². The lowest BCUT2D eigenvalue weighted by molar-refractivity contribution is 0.0932. The zero-order valence-corrected chi connectivity index (χ0v) is 22.1. The molecule has 194 valence electrons. The number of rotatable bonds is 5. The van der Waals surface area contributed by atoms with Crippen LogP contribution in [-0.2, 0) is 13.0 Å². The molecule has 1 atom stereocenters. The van der Waals surface area contributed by atoms with Crippen LogP contribution in [0, 0.1) is 0 Å². The number of hydrogen-bond donors (Lipinski definition) is 1. The molecule has 2 heterocycles. The van der Waals surface area contributed by atoms with Gasteiger partial charge in [0.2, 0.25) is 0 Å². The predicted octanol–water partition coefficient (Wildman–Crippen LogP) is 6.91. The molecule has 1 aliphatic heterocycles. The molecule has 1 saturated heterocycles. The third-order valence-corrected chi connectivity index (χ3v) is 8.09. The average molecular weight is 527 g/mol. The Labute approximate surface area is 227 Å². The van der Waals surface area contributed by atoms with E-state index in [4.69, 9.17) is 16.0 Å². The van der Waals surface area contributed by atoms with Gasteiger partial charge in [0, 0.05) is 23.2 Å². The SMILES string of the molecule is O=C(N[C@@H]1CCCc2cc(CN3CCCCC3)ccc21)c1cccc(-c2coc3cc(Cl)ccc3c2=O)c1. The van der Waals surface area contributed by atoms with Crippen molar-refractivity contribution in [2.75, 3.05) is 13.1 Å². The summed E-state index contributed by atoms with van der Waals surface area (Å²) < 4.78 is 5.69. The van der Waals surface area contributed by atoms with Crippen LogP contribution in [0.2, 0.25) is 5.02 Å². The van der Waals surface area contributed by atoms with E-state index in [1.54, 1.807) is 36.4 Å². The van der Waals surface area contributed by atoms with Gasteiger partial charge in [-0.2, -0.15) is 0 Å². The molecule has 4 aromatic rings. The molecule has 0 radical (unpaired) electrons. The van der Waals surface area contributed by atoms with Crippen LogP contribution in [0.3, 0.4) is 0 Å². The predicted molar refractivity (Wildman–Crippen MR) is 152 cm³/mol. The number of carbonyl (C=O) groups is 1. The molecule has 1 aliphatic carbocycles. The molecule has 6 rings (SSSR count). The molecule has 3 aromatic carbocycles. The number of piperidine rings is 1. The maximum atomic E-state index is 13.3. The first-order valence-corrected chi connectivity index (χ1v) is 13.9. The minimum atomic E-state index is -0.151. The average Bonchev–Trinajstić information content (AvgIpc) is 2.94. The first kappa shape index (κ1) is 24.9. The highest BCUT2D eigenvalue weighted by Crippen LogP contribution is 2.31. The van der Waals surface area contributed by atoms with E-state index in [9.17, 15) is 9.59 Å². The first-order valence-electron chi connectivity index (χ1n) is 13.5. The molecule has 0 spiro atoms. The Morgan fingerprint density at radius 3 is 2.74 bits per heavy atom. The summed E-state index contributed by atoms with van der Waals surface area (Å²) >= 11 is 6.03. The molecule has 5 nitrogen and oxygen atoms in total.